The Bertz CT molecular complexity index is 1640. The van der Waals surface area contributed by atoms with Crippen molar-refractivity contribution < 1.29 is 5.11 Å². The van der Waals surface area contributed by atoms with Crippen LogP contribution in [0.15, 0.2) is 79.3 Å². The lowest BCUT2D eigenvalue weighted by molar-refractivity contribution is 0.217. The first kappa shape index (κ1) is 23.2. The maximum Gasteiger partial charge on any atom is 0.144 e. The maximum atomic E-state index is 9.44. The van der Waals surface area contributed by atoms with Gasteiger partial charge in [0.2, 0.25) is 0 Å². The second-order valence-corrected chi connectivity index (χ2v) is 11.8. The SMILES string of the molecule is OCC1C2CN(Cc3ccc(-c4ccc5ncnc(N(CC6CC6)c6ccc7[nH]ccc7c6)c5c4)cc3)CC12. The molecule has 5 aromatic rings. The fraction of sp³-hybridized carbons (Fsp3) is 0.333. The molecule has 0 bridgehead atoms. The van der Waals surface area contributed by atoms with Crippen molar-refractivity contribution in [2.24, 2.45) is 23.7 Å². The van der Waals surface area contributed by atoms with E-state index in [9.17, 15) is 5.11 Å². The van der Waals surface area contributed by atoms with Gasteiger partial charge in [0, 0.05) is 61.0 Å². The number of anilines is 2. The molecule has 0 radical (unpaired) electrons. The third-order valence-corrected chi connectivity index (χ3v) is 9.21. The second-order valence-electron chi connectivity index (χ2n) is 11.8. The normalized spacial score (nSPS) is 22.4. The lowest BCUT2D eigenvalue weighted by atomic mass is 10.0. The van der Waals surface area contributed by atoms with Gasteiger partial charge in [-0.15, -0.1) is 0 Å². The summed E-state index contributed by atoms with van der Waals surface area (Å²) in [5, 5.41) is 11.7. The first-order valence-corrected chi connectivity index (χ1v) is 14.3. The predicted molar refractivity (Wildman–Crippen MR) is 156 cm³/mol. The Balaban J connectivity index is 1.09. The number of aromatic amines is 1. The number of H-pyrrole nitrogens is 1. The smallest absolute Gasteiger partial charge is 0.144 e. The molecule has 2 aliphatic carbocycles. The Kier molecular flexibility index (Phi) is 5.45. The largest absolute Gasteiger partial charge is 0.396 e. The number of likely N-dealkylation sites (tertiary alicyclic amines) is 1. The van der Waals surface area contributed by atoms with E-state index in [2.05, 4.69) is 86.5 Å². The van der Waals surface area contributed by atoms with Gasteiger partial charge >= 0.3 is 0 Å². The van der Waals surface area contributed by atoms with Gasteiger partial charge in [-0.05, 0) is 89.6 Å². The number of aromatic nitrogens is 3. The summed E-state index contributed by atoms with van der Waals surface area (Å²) in [4.78, 5) is 17.7. The Morgan fingerprint density at radius 2 is 1.72 bits per heavy atom. The van der Waals surface area contributed by atoms with Crippen molar-refractivity contribution >= 4 is 33.3 Å². The molecule has 2 saturated carbocycles. The molecule has 2 atom stereocenters. The van der Waals surface area contributed by atoms with Crippen molar-refractivity contribution in [3.05, 3.63) is 84.8 Å². The molecule has 1 aliphatic heterocycles. The summed E-state index contributed by atoms with van der Waals surface area (Å²) in [5.74, 6) is 3.68. The number of nitrogens with one attached hydrogen (secondary N) is 1. The summed E-state index contributed by atoms with van der Waals surface area (Å²) in [7, 11) is 0. The minimum absolute atomic E-state index is 0.358. The molecule has 0 spiro atoms. The van der Waals surface area contributed by atoms with Crippen molar-refractivity contribution in [2.75, 3.05) is 31.1 Å². The van der Waals surface area contributed by atoms with E-state index in [4.69, 9.17) is 4.98 Å². The van der Waals surface area contributed by atoms with E-state index in [1.807, 2.05) is 6.20 Å². The van der Waals surface area contributed by atoms with Gasteiger partial charge < -0.3 is 15.0 Å². The van der Waals surface area contributed by atoms with Crippen molar-refractivity contribution in [1.29, 1.82) is 0 Å². The fourth-order valence-electron chi connectivity index (χ4n) is 6.72. The van der Waals surface area contributed by atoms with Crippen LogP contribution in [0.3, 0.4) is 0 Å². The van der Waals surface area contributed by atoms with E-state index in [1.165, 1.54) is 40.6 Å². The van der Waals surface area contributed by atoms with Gasteiger partial charge in [0.15, 0.2) is 0 Å². The molecule has 0 amide bonds. The molecule has 2 aromatic heterocycles. The first-order chi connectivity index (χ1) is 19.2. The van der Waals surface area contributed by atoms with E-state index in [0.717, 1.165) is 48.4 Å². The third-order valence-electron chi connectivity index (χ3n) is 9.21. The van der Waals surface area contributed by atoms with Crippen LogP contribution in [0, 0.1) is 23.7 Å². The van der Waals surface area contributed by atoms with Crippen LogP contribution in [0.5, 0.6) is 0 Å². The van der Waals surface area contributed by atoms with Crippen LogP contribution in [0.1, 0.15) is 18.4 Å². The van der Waals surface area contributed by atoms with Gasteiger partial charge in [0.1, 0.15) is 12.1 Å². The zero-order valence-corrected chi connectivity index (χ0v) is 22.0. The Hall–Kier alpha value is -3.74. The molecule has 2 N–H and O–H groups in total. The van der Waals surface area contributed by atoms with Crippen molar-refractivity contribution in [1.82, 2.24) is 19.9 Å². The topological polar surface area (TPSA) is 68.3 Å². The van der Waals surface area contributed by atoms with Gasteiger partial charge in [0.05, 0.1) is 5.52 Å². The molecule has 6 nitrogen and oxygen atoms in total. The molecule has 6 heteroatoms. The zero-order valence-electron chi connectivity index (χ0n) is 22.0. The Labute approximate surface area is 228 Å². The van der Waals surface area contributed by atoms with Crippen LogP contribution < -0.4 is 4.90 Å². The van der Waals surface area contributed by atoms with Gasteiger partial charge in [-0.1, -0.05) is 30.3 Å². The summed E-state index contributed by atoms with van der Waals surface area (Å²) in [5.41, 5.74) is 7.04. The van der Waals surface area contributed by atoms with E-state index in [0.29, 0.717) is 30.3 Å². The van der Waals surface area contributed by atoms with Crippen LogP contribution >= 0.6 is 0 Å². The number of hydrogen-bond donors (Lipinski definition) is 2. The van der Waals surface area contributed by atoms with Crippen LogP contribution in [0.4, 0.5) is 11.5 Å². The molecule has 196 valence electrons. The van der Waals surface area contributed by atoms with Crippen molar-refractivity contribution in [3.63, 3.8) is 0 Å². The number of benzene rings is 3. The van der Waals surface area contributed by atoms with Crippen LogP contribution in [0.2, 0.25) is 0 Å². The Morgan fingerprint density at radius 1 is 0.897 bits per heavy atom. The Morgan fingerprint density at radius 3 is 2.51 bits per heavy atom. The predicted octanol–water partition coefficient (Wildman–Crippen LogP) is 6.00. The van der Waals surface area contributed by atoms with E-state index in [1.54, 1.807) is 6.33 Å². The number of piperidine rings is 1. The number of rotatable bonds is 8. The molecule has 1 saturated heterocycles. The van der Waals surface area contributed by atoms with Crippen LogP contribution in [-0.4, -0.2) is 51.2 Å². The van der Waals surface area contributed by atoms with Crippen molar-refractivity contribution in [3.8, 4) is 11.1 Å². The molecule has 3 fully saturated rings. The average molecular weight is 516 g/mol. The number of nitrogens with zero attached hydrogens (tertiary/aromatic N) is 4. The zero-order chi connectivity index (χ0) is 25.9. The standard InChI is InChI=1S/C33H33N5O/c39-19-30-28-17-37(18-29(28)30)15-21-3-5-23(6-4-21)24-7-9-32-27(14-24)33(36-20-35-32)38(16-22-1-2-22)26-8-10-31-25(13-26)11-12-34-31/h3-14,20,22,28-30,34,39H,1-2,15-19H2. The van der Waals surface area contributed by atoms with Crippen LogP contribution in [-0.2, 0) is 6.54 Å². The minimum Gasteiger partial charge on any atom is -0.396 e. The lowest BCUT2D eigenvalue weighted by Crippen LogP contribution is -2.24. The maximum absolute atomic E-state index is 9.44. The summed E-state index contributed by atoms with van der Waals surface area (Å²) in [6.45, 7) is 4.57. The molecule has 3 aromatic carbocycles. The molecule has 3 aliphatic rings. The molecular weight excluding hydrogens is 482 g/mol. The quantitative estimate of drug-likeness (QED) is 0.265. The van der Waals surface area contributed by atoms with Crippen molar-refractivity contribution in [2.45, 2.75) is 19.4 Å². The summed E-state index contributed by atoms with van der Waals surface area (Å²) < 4.78 is 0. The number of aliphatic hydroxyl groups excluding tert-OH is 1. The van der Waals surface area contributed by atoms with E-state index >= 15 is 0 Å². The second kappa shape index (κ2) is 9.18. The van der Waals surface area contributed by atoms with Crippen LogP contribution in [0.25, 0.3) is 32.9 Å². The monoisotopic (exact) mass is 515 g/mol. The molecule has 39 heavy (non-hydrogen) atoms. The highest BCUT2D eigenvalue weighted by Gasteiger charge is 2.54. The highest BCUT2D eigenvalue weighted by Crippen LogP contribution is 2.51. The molecule has 8 rings (SSSR count). The van der Waals surface area contributed by atoms with E-state index < -0.39 is 0 Å². The summed E-state index contributed by atoms with van der Waals surface area (Å²) >= 11 is 0. The highest BCUT2D eigenvalue weighted by molar-refractivity contribution is 5.95. The molecular formula is C33H33N5O. The summed E-state index contributed by atoms with van der Waals surface area (Å²) in [6, 6.07) is 24.3. The number of hydrogen-bond acceptors (Lipinski definition) is 5. The molecule has 2 unspecified atom stereocenters. The fourth-order valence-corrected chi connectivity index (χ4v) is 6.72. The highest BCUT2D eigenvalue weighted by atomic mass is 16.3. The van der Waals surface area contributed by atoms with E-state index in [-0.39, 0.29) is 0 Å². The minimum atomic E-state index is 0.358. The van der Waals surface area contributed by atoms with Gasteiger partial charge in [-0.2, -0.15) is 0 Å². The molecule has 3 heterocycles. The van der Waals surface area contributed by atoms with Gasteiger partial charge in [-0.3, -0.25) is 4.90 Å². The lowest BCUT2D eigenvalue weighted by Gasteiger charge is -2.25. The first-order valence-electron chi connectivity index (χ1n) is 14.3. The number of aliphatic hydroxyl groups is 1. The van der Waals surface area contributed by atoms with Gasteiger partial charge in [0.25, 0.3) is 0 Å². The number of fused-ring (bicyclic) bond motifs is 3. The average Bonchev–Trinajstić information content (AvgIpc) is 3.81. The third kappa shape index (κ3) is 4.28. The van der Waals surface area contributed by atoms with Gasteiger partial charge in [-0.25, -0.2) is 9.97 Å². The summed E-state index contributed by atoms with van der Waals surface area (Å²) in [6.07, 6.45) is 6.26.